The summed E-state index contributed by atoms with van der Waals surface area (Å²) in [6.07, 6.45) is 5.29. The molecular weight excluding hydrogens is 280 g/mol. The molecule has 1 heterocycles. The van der Waals surface area contributed by atoms with Crippen LogP contribution in [-0.2, 0) is 0 Å². The highest BCUT2D eigenvalue weighted by Gasteiger charge is 2.20. The van der Waals surface area contributed by atoms with Gasteiger partial charge in [-0.1, -0.05) is 44.4 Å². The molecule has 1 atom stereocenters. The normalized spacial score (nSPS) is 18.0. The number of nitrogens with zero attached hydrogens (tertiary/aromatic N) is 1. The smallest absolute Gasteiger partial charge is 0.0642 e. The molecule has 21 heavy (non-hydrogen) atoms. The van der Waals surface area contributed by atoms with Crippen LogP contribution in [0, 0.1) is 5.92 Å². The van der Waals surface area contributed by atoms with Crippen molar-refractivity contribution in [3.63, 3.8) is 0 Å². The molecule has 1 unspecified atom stereocenters. The second-order valence-corrected chi connectivity index (χ2v) is 6.62. The molecule has 0 saturated carbocycles. The van der Waals surface area contributed by atoms with E-state index >= 15 is 0 Å². The minimum absolute atomic E-state index is 0.358. The van der Waals surface area contributed by atoms with Crippen molar-refractivity contribution in [3.05, 3.63) is 28.8 Å². The van der Waals surface area contributed by atoms with Crippen LogP contribution in [0.5, 0.6) is 0 Å². The molecule has 0 amide bonds. The minimum Gasteiger partial charge on any atom is -0.370 e. The van der Waals surface area contributed by atoms with E-state index in [1.165, 1.54) is 36.9 Å². The van der Waals surface area contributed by atoms with E-state index < -0.39 is 0 Å². The third kappa shape index (κ3) is 4.37. The van der Waals surface area contributed by atoms with Crippen molar-refractivity contribution in [3.8, 4) is 0 Å². The Balaban J connectivity index is 2.01. The number of piperidine rings is 1. The van der Waals surface area contributed by atoms with Crippen molar-refractivity contribution in [1.82, 2.24) is 5.32 Å². The molecule has 1 aromatic rings. The predicted octanol–water partition coefficient (Wildman–Crippen LogP) is 5.03. The van der Waals surface area contributed by atoms with Gasteiger partial charge in [0.15, 0.2) is 0 Å². The minimum atomic E-state index is 0.358. The lowest BCUT2D eigenvalue weighted by molar-refractivity contribution is 0.378. The van der Waals surface area contributed by atoms with Crippen LogP contribution in [0.25, 0.3) is 0 Å². The molecule has 0 aromatic heterocycles. The van der Waals surface area contributed by atoms with Gasteiger partial charge in [0.1, 0.15) is 0 Å². The number of halogens is 1. The van der Waals surface area contributed by atoms with Crippen molar-refractivity contribution in [2.75, 3.05) is 24.5 Å². The SMILES string of the molecule is CCCC1CCN(c2ccc(C(C)NCC)cc2Cl)CC1. The monoisotopic (exact) mass is 308 g/mol. The van der Waals surface area contributed by atoms with E-state index in [0.29, 0.717) is 6.04 Å². The van der Waals surface area contributed by atoms with E-state index in [9.17, 15) is 0 Å². The first-order valence-electron chi connectivity index (χ1n) is 8.43. The van der Waals surface area contributed by atoms with Crippen molar-refractivity contribution >= 4 is 17.3 Å². The van der Waals surface area contributed by atoms with Crippen molar-refractivity contribution in [2.45, 2.75) is 52.5 Å². The van der Waals surface area contributed by atoms with Gasteiger partial charge in [0, 0.05) is 19.1 Å². The molecule has 0 bridgehead atoms. The Labute approximate surface area is 134 Å². The molecular formula is C18H29ClN2. The summed E-state index contributed by atoms with van der Waals surface area (Å²) in [7, 11) is 0. The summed E-state index contributed by atoms with van der Waals surface area (Å²) in [5.74, 6) is 0.915. The molecule has 0 aliphatic carbocycles. The number of hydrogen-bond donors (Lipinski definition) is 1. The molecule has 0 spiro atoms. The molecule has 1 aliphatic rings. The van der Waals surface area contributed by atoms with E-state index in [1.807, 2.05) is 0 Å². The average Bonchev–Trinajstić information content (AvgIpc) is 2.49. The van der Waals surface area contributed by atoms with Crippen molar-refractivity contribution in [1.29, 1.82) is 0 Å². The van der Waals surface area contributed by atoms with Crippen LogP contribution >= 0.6 is 11.6 Å². The molecule has 3 heteroatoms. The first-order valence-corrected chi connectivity index (χ1v) is 8.81. The summed E-state index contributed by atoms with van der Waals surface area (Å²) >= 11 is 6.54. The lowest BCUT2D eigenvalue weighted by Crippen LogP contribution is -2.33. The summed E-state index contributed by atoms with van der Waals surface area (Å²) in [6.45, 7) is 9.87. The molecule has 0 radical (unpaired) electrons. The van der Waals surface area contributed by atoms with Crippen LogP contribution in [0.15, 0.2) is 18.2 Å². The largest absolute Gasteiger partial charge is 0.370 e. The summed E-state index contributed by atoms with van der Waals surface area (Å²) in [4.78, 5) is 2.45. The van der Waals surface area contributed by atoms with E-state index in [4.69, 9.17) is 11.6 Å². The first-order chi connectivity index (χ1) is 10.2. The zero-order chi connectivity index (χ0) is 15.2. The van der Waals surface area contributed by atoms with E-state index in [0.717, 1.165) is 30.6 Å². The summed E-state index contributed by atoms with van der Waals surface area (Å²) in [5, 5.41) is 4.33. The Bertz CT molecular complexity index is 439. The third-order valence-electron chi connectivity index (χ3n) is 4.63. The third-order valence-corrected chi connectivity index (χ3v) is 4.94. The highest BCUT2D eigenvalue weighted by Crippen LogP contribution is 2.32. The van der Waals surface area contributed by atoms with E-state index in [-0.39, 0.29) is 0 Å². The highest BCUT2D eigenvalue weighted by molar-refractivity contribution is 6.33. The highest BCUT2D eigenvalue weighted by atomic mass is 35.5. The molecule has 1 fully saturated rings. The number of rotatable bonds is 6. The molecule has 118 valence electrons. The van der Waals surface area contributed by atoms with Crippen molar-refractivity contribution in [2.24, 2.45) is 5.92 Å². The van der Waals surface area contributed by atoms with Gasteiger partial charge >= 0.3 is 0 Å². The molecule has 2 rings (SSSR count). The van der Waals surface area contributed by atoms with Crippen LogP contribution in [0.2, 0.25) is 5.02 Å². The zero-order valence-electron chi connectivity index (χ0n) is 13.7. The van der Waals surface area contributed by atoms with Crippen molar-refractivity contribution < 1.29 is 0 Å². The first kappa shape index (κ1) is 16.6. The van der Waals surface area contributed by atoms with Gasteiger partial charge in [-0.15, -0.1) is 0 Å². The van der Waals surface area contributed by atoms with Crippen LogP contribution in [0.3, 0.4) is 0 Å². The fourth-order valence-corrected chi connectivity index (χ4v) is 3.65. The topological polar surface area (TPSA) is 15.3 Å². The maximum absolute atomic E-state index is 6.54. The second kappa shape index (κ2) is 8.05. The summed E-state index contributed by atoms with van der Waals surface area (Å²) < 4.78 is 0. The van der Waals surface area contributed by atoms with Gasteiger partial charge in [-0.25, -0.2) is 0 Å². The Morgan fingerprint density at radius 3 is 2.57 bits per heavy atom. The number of nitrogens with one attached hydrogen (secondary N) is 1. The number of anilines is 1. The maximum atomic E-state index is 6.54. The number of hydrogen-bond acceptors (Lipinski definition) is 2. The molecule has 1 N–H and O–H groups in total. The van der Waals surface area contributed by atoms with Gasteiger partial charge in [0.2, 0.25) is 0 Å². The van der Waals surface area contributed by atoms with E-state index in [2.05, 4.69) is 49.2 Å². The van der Waals surface area contributed by atoms with Gasteiger partial charge in [-0.3, -0.25) is 0 Å². The lowest BCUT2D eigenvalue weighted by Gasteiger charge is -2.34. The quantitative estimate of drug-likeness (QED) is 0.793. The fraction of sp³-hybridized carbons (Fsp3) is 0.667. The molecule has 1 aliphatic heterocycles. The van der Waals surface area contributed by atoms with Gasteiger partial charge in [-0.2, -0.15) is 0 Å². The predicted molar refractivity (Wildman–Crippen MR) is 93.4 cm³/mol. The Kier molecular flexibility index (Phi) is 6.38. The molecule has 2 nitrogen and oxygen atoms in total. The Hall–Kier alpha value is -0.730. The van der Waals surface area contributed by atoms with Gasteiger partial charge in [0.05, 0.1) is 10.7 Å². The Morgan fingerprint density at radius 2 is 2.00 bits per heavy atom. The fourth-order valence-electron chi connectivity index (χ4n) is 3.34. The summed E-state index contributed by atoms with van der Waals surface area (Å²) in [5.41, 5.74) is 2.48. The Morgan fingerprint density at radius 1 is 1.29 bits per heavy atom. The van der Waals surface area contributed by atoms with E-state index in [1.54, 1.807) is 0 Å². The molecule has 1 saturated heterocycles. The lowest BCUT2D eigenvalue weighted by atomic mass is 9.92. The van der Waals surface area contributed by atoms with Crippen LogP contribution in [0.1, 0.15) is 58.1 Å². The number of benzene rings is 1. The van der Waals surface area contributed by atoms with Gasteiger partial charge in [-0.05, 0) is 49.9 Å². The second-order valence-electron chi connectivity index (χ2n) is 6.21. The maximum Gasteiger partial charge on any atom is 0.0642 e. The average molecular weight is 309 g/mol. The van der Waals surface area contributed by atoms with Crippen LogP contribution in [-0.4, -0.2) is 19.6 Å². The van der Waals surface area contributed by atoms with Gasteiger partial charge < -0.3 is 10.2 Å². The van der Waals surface area contributed by atoms with Crippen LogP contribution in [0.4, 0.5) is 5.69 Å². The molecule has 1 aromatic carbocycles. The van der Waals surface area contributed by atoms with Gasteiger partial charge in [0.25, 0.3) is 0 Å². The standard InChI is InChI=1S/C18H29ClN2/c1-4-6-15-9-11-21(12-10-15)18-8-7-16(13-17(18)19)14(3)20-5-2/h7-8,13-15,20H,4-6,9-12H2,1-3H3. The zero-order valence-corrected chi connectivity index (χ0v) is 14.4. The van der Waals surface area contributed by atoms with Crippen LogP contribution < -0.4 is 10.2 Å². The summed E-state index contributed by atoms with van der Waals surface area (Å²) in [6, 6.07) is 6.90.